The molecule has 0 radical (unpaired) electrons. The summed E-state index contributed by atoms with van der Waals surface area (Å²) >= 11 is 0. The van der Waals surface area contributed by atoms with Gasteiger partial charge < -0.3 is 11.1 Å². The summed E-state index contributed by atoms with van der Waals surface area (Å²) in [4.78, 5) is 0. The van der Waals surface area contributed by atoms with Gasteiger partial charge in [-0.25, -0.2) is 0 Å². The number of rotatable bonds is 2. The average molecular weight is 142 g/mol. The van der Waals surface area contributed by atoms with Gasteiger partial charge in [0.15, 0.2) is 0 Å². The van der Waals surface area contributed by atoms with Crippen LogP contribution in [0.1, 0.15) is 20.3 Å². The Kier molecular flexibility index (Phi) is 2.69. The van der Waals surface area contributed by atoms with Crippen molar-refractivity contribution in [3.05, 3.63) is 0 Å². The van der Waals surface area contributed by atoms with Gasteiger partial charge in [-0.1, -0.05) is 6.92 Å². The molecule has 3 atom stereocenters. The van der Waals surface area contributed by atoms with Crippen molar-refractivity contribution in [2.45, 2.75) is 26.3 Å². The van der Waals surface area contributed by atoms with Crippen molar-refractivity contribution in [3.8, 4) is 0 Å². The van der Waals surface area contributed by atoms with E-state index in [-0.39, 0.29) is 0 Å². The molecule has 1 fully saturated rings. The Morgan fingerprint density at radius 2 is 2.20 bits per heavy atom. The van der Waals surface area contributed by atoms with Crippen LogP contribution in [0, 0.1) is 11.8 Å². The Hall–Kier alpha value is -0.0800. The smallest absolute Gasteiger partial charge is 0.00392 e. The Morgan fingerprint density at radius 3 is 2.60 bits per heavy atom. The van der Waals surface area contributed by atoms with Crippen LogP contribution in [0.4, 0.5) is 0 Å². The molecule has 1 unspecified atom stereocenters. The molecular weight excluding hydrogens is 124 g/mol. The van der Waals surface area contributed by atoms with Crippen molar-refractivity contribution in [2.75, 3.05) is 13.1 Å². The molecule has 0 bridgehead atoms. The minimum absolute atomic E-state index is 0.352. The van der Waals surface area contributed by atoms with E-state index >= 15 is 0 Å². The van der Waals surface area contributed by atoms with Crippen LogP contribution in [0.2, 0.25) is 0 Å². The van der Waals surface area contributed by atoms with E-state index in [2.05, 4.69) is 19.2 Å². The van der Waals surface area contributed by atoms with Gasteiger partial charge in [0, 0.05) is 6.04 Å². The monoisotopic (exact) mass is 142 g/mol. The minimum atomic E-state index is 0.352. The van der Waals surface area contributed by atoms with Gasteiger partial charge >= 0.3 is 0 Å². The van der Waals surface area contributed by atoms with E-state index in [1.807, 2.05) is 0 Å². The summed E-state index contributed by atoms with van der Waals surface area (Å²) in [7, 11) is 0. The molecule has 0 aromatic carbocycles. The standard InChI is InChI=1S/C8H18N2/c1-6(7(2)9)8-3-4-10-5-8/h6-8,10H,3-5,9H2,1-2H3/t6-,7?,8+/m1/s1. The number of hydrogen-bond acceptors (Lipinski definition) is 2. The van der Waals surface area contributed by atoms with E-state index in [0.29, 0.717) is 12.0 Å². The highest BCUT2D eigenvalue weighted by atomic mass is 14.9. The molecule has 0 aliphatic carbocycles. The van der Waals surface area contributed by atoms with Gasteiger partial charge in [-0.2, -0.15) is 0 Å². The van der Waals surface area contributed by atoms with Crippen molar-refractivity contribution in [3.63, 3.8) is 0 Å². The first-order chi connectivity index (χ1) is 4.72. The highest BCUT2D eigenvalue weighted by Gasteiger charge is 2.23. The fraction of sp³-hybridized carbons (Fsp3) is 1.00. The first-order valence-corrected chi connectivity index (χ1v) is 4.18. The highest BCUT2D eigenvalue weighted by Crippen LogP contribution is 2.20. The molecule has 2 heteroatoms. The maximum Gasteiger partial charge on any atom is 0.00392 e. The molecule has 0 spiro atoms. The minimum Gasteiger partial charge on any atom is -0.328 e. The quantitative estimate of drug-likeness (QED) is 0.592. The third-order valence-electron chi connectivity index (χ3n) is 2.67. The van der Waals surface area contributed by atoms with Crippen molar-refractivity contribution >= 4 is 0 Å². The first kappa shape index (κ1) is 8.02. The Labute approximate surface area is 63.2 Å². The van der Waals surface area contributed by atoms with Crippen LogP contribution in [0.15, 0.2) is 0 Å². The largest absolute Gasteiger partial charge is 0.328 e. The lowest BCUT2D eigenvalue weighted by atomic mass is 9.88. The van der Waals surface area contributed by atoms with E-state index in [4.69, 9.17) is 5.73 Å². The fourth-order valence-corrected chi connectivity index (χ4v) is 1.56. The van der Waals surface area contributed by atoms with Crippen molar-refractivity contribution in [1.82, 2.24) is 5.32 Å². The van der Waals surface area contributed by atoms with Gasteiger partial charge in [-0.05, 0) is 38.3 Å². The van der Waals surface area contributed by atoms with E-state index in [1.165, 1.54) is 19.5 Å². The first-order valence-electron chi connectivity index (χ1n) is 4.18. The summed E-state index contributed by atoms with van der Waals surface area (Å²) < 4.78 is 0. The molecule has 1 aliphatic heterocycles. The lowest BCUT2D eigenvalue weighted by Crippen LogP contribution is -2.31. The van der Waals surface area contributed by atoms with Crippen molar-refractivity contribution in [2.24, 2.45) is 17.6 Å². The molecule has 2 nitrogen and oxygen atoms in total. The predicted molar refractivity (Wildman–Crippen MR) is 43.8 cm³/mol. The molecule has 3 N–H and O–H groups in total. The lowest BCUT2D eigenvalue weighted by molar-refractivity contribution is 0.337. The van der Waals surface area contributed by atoms with Gasteiger partial charge in [0.25, 0.3) is 0 Å². The molecule has 0 aromatic heterocycles. The molecule has 0 amide bonds. The second kappa shape index (κ2) is 3.35. The zero-order chi connectivity index (χ0) is 7.56. The Morgan fingerprint density at radius 1 is 1.50 bits per heavy atom. The van der Waals surface area contributed by atoms with Crippen LogP contribution in [0.3, 0.4) is 0 Å². The molecule has 1 rings (SSSR count). The normalized spacial score (nSPS) is 32.1. The highest BCUT2D eigenvalue weighted by molar-refractivity contribution is 4.79. The third-order valence-corrected chi connectivity index (χ3v) is 2.67. The fourth-order valence-electron chi connectivity index (χ4n) is 1.56. The van der Waals surface area contributed by atoms with Crippen LogP contribution in [-0.2, 0) is 0 Å². The zero-order valence-corrected chi connectivity index (χ0v) is 6.93. The second-order valence-corrected chi connectivity index (χ2v) is 3.47. The number of nitrogens with two attached hydrogens (primary N) is 1. The maximum atomic E-state index is 5.79. The Balaban J connectivity index is 2.32. The summed E-state index contributed by atoms with van der Waals surface area (Å²) in [6.45, 7) is 6.70. The molecule has 0 aromatic rings. The summed E-state index contributed by atoms with van der Waals surface area (Å²) in [5.74, 6) is 1.50. The molecule has 0 saturated carbocycles. The molecule has 1 heterocycles. The van der Waals surface area contributed by atoms with Gasteiger partial charge in [-0.15, -0.1) is 0 Å². The van der Waals surface area contributed by atoms with E-state index < -0.39 is 0 Å². The van der Waals surface area contributed by atoms with Gasteiger partial charge in [0.1, 0.15) is 0 Å². The third kappa shape index (κ3) is 1.70. The summed E-state index contributed by atoms with van der Waals surface area (Å²) in [5.41, 5.74) is 5.79. The molecule has 1 saturated heterocycles. The summed E-state index contributed by atoms with van der Waals surface area (Å²) in [5, 5.41) is 3.35. The van der Waals surface area contributed by atoms with Gasteiger partial charge in [0.05, 0.1) is 0 Å². The number of nitrogens with one attached hydrogen (secondary N) is 1. The molecule has 1 aliphatic rings. The van der Waals surface area contributed by atoms with Crippen LogP contribution < -0.4 is 11.1 Å². The molecule has 10 heavy (non-hydrogen) atoms. The van der Waals surface area contributed by atoms with Crippen LogP contribution in [-0.4, -0.2) is 19.1 Å². The van der Waals surface area contributed by atoms with Crippen LogP contribution >= 0.6 is 0 Å². The second-order valence-electron chi connectivity index (χ2n) is 3.47. The molecular formula is C8H18N2. The number of hydrogen-bond donors (Lipinski definition) is 2. The average Bonchev–Trinajstić information content (AvgIpc) is 2.36. The van der Waals surface area contributed by atoms with Crippen LogP contribution in [0.5, 0.6) is 0 Å². The van der Waals surface area contributed by atoms with Crippen molar-refractivity contribution < 1.29 is 0 Å². The predicted octanol–water partition coefficient (Wildman–Crippen LogP) is 0.579. The molecule has 60 valence electrons. The Bertz CT molecular complexity index is 95.4. The van der Waals surface area contributed by atoms with Crippen LogP contribution in [0.25, 0.3) is 0 Å². The van der Waals surface area contributed by atoms with E-state index in [1.54, 1.807) is 0 Å². The van der Waals surface area contributed by atoms with Gasteiger partial charge in [0.2, 0.25) is 0 Å². The summed E-state index contributed by atoms with van der Waals surface area (Å²) in [6.07, 6.45) is 1.31. The zero-order valence-electron chi connectivity index (χ0n) is 6.93. The van der Waals surface area contributed by atoms with E-state index in [9.17, 15) is 0 Å². The maximum absolute atomic E-state index is 5.79. The topological polar surface area (TPSA) is 38.0 Å². The lowest BCUT2D eigenvalue weighted by Gasteiger charge is -2.21. The van der Waals surface area contributed by atoms with E-state index in [0.717, 1.165) is 5.92 Å². The van der Waals surface area contributed by atoms with Gasteiger partial charge in [-0.3, -0.25) is 0 Å². The van der Waals surface area contributed by atoms with Crippen molar-refractivity contribution in [1.29, 1.82) is 0 Å². The summed E-state index contributed by atoms with van der Waals surface area (Å²) in [6, 6.07) is 0.352. The SMILES string of the molecule is CC(N)[C@@H](C)[C@H]1CCNC1.